The van der Waals surface area contributed by atoms with Crippen LogP contribution in [0.1, 0.15) is 57.8 Å². The Morgan fingerprint density at radius 2 is 2.16 bits per heavy atom. The monoisotopic (exact) mass is 263 g/mol. The minimum Gasteiger partial charge on any atom is -0.314 e. The molecule has 1 aromatic rings. The fraction of sp³-hybridized carbons (Fsp3) is 0.812. The molecule has 3 heteroatoms. The van der Waals surface area contributed by atoms with E-state index < -0.39 is 0 Å². The number of hydrogen-bond donors (Lipinski definition) is 1. The van der Waals surface area contributed by atoms with Gasteiger partial charge in [0, 0.05) is 18.3 Å². The van der Waals surface area contributed by atoms with E-state index >= 15 is 0 Å². The Bertz CT molecular complexity index is 379. The molecular weight excluding hydrogens is 234 g/mol. The topological polar surface area (TPSA) is 29.9 Å². The van der Waals surface area contributed by atoms with Crippen LogP contribution < -0.4 is 5.32 Å². The molecule has 19 heavy (non-hydrogen) atoms. The molecule has 1 N–H and O–H groups in total. The zero-order valence-electron chi connectivity index (χ0n) is 12.8. The maximum absolute atomic E-state index is 4.64. The Balaban J connectivity index is 1.90. The molecule has 0 amide bonds. The molecule has 0 radical (unpaired) electrons. The second kappa shape index (κ2) is 7.09. The molecule has 108 valence electrons. The Morgan fingerprint density at radius 1 is 1.37 bits per heavy atom. The van der Waals surface area contributed by atoms with Crippen LogP contribution >= 0.6 is 0 Å². The quantitative estimate of drug-likeness (QED) is 0.741. The minimum absolute atomic E-state index is 0.727. The largest absolute Gasteiger partial charge is 0.314 e. The lowest BCUT2D eigenvalue weighted by Crippen LogP contribution is -2.32. The summed E-state index contributed by atoms with van der Waals surface area (Å²) in [6.07, 6.45) is 7.55. The van der Waals surface area contributed by atoms with Crippen LogP contribution in [0.15, 0.2) is 6.07 Å². The van der Waals surface area contributed by atoms with Crippen molar-refractivity contribution in [3.05, 3.63) is 17.5 Å². The van der Waals surface area contributed by atoms with Crippen molar-refractivity contribution in [2.24, 2.45) is 5.92 Å². The molecule has 1 unspecified atom stereocenters. The van der Waals surface area contributed by atoms with E-state index in [4.69, 9.17) is 0 Å². The number of nitrogens with one attached hydrogen (secondary N) is 1. The molecule has 0 spiro atoms. The predicted molar refractivity (Wildman–Crippen MR) is 80.4 cm³/mol. The number of aryl methyl sites for hydroxylation is 3. The summed E-state index contributed by atoms with van der Waals surface area (Å²) in [6, 6.07) is 3.03. The van der Waals surface area contributed by atoms with Crippen LogP contribution in [-0.2, 0) is 19.4 Å². The molecule has 1 heterocycles. The summed E-state index contributed by atoms with van der Waals surface area (Å²) in [7, 11) is 0. The first-order chi connectivity index (χ1) is 9.28. The van der Waals surface area contributed by atoms with Crippen molar-refractivity contribution in [1.29, 1.82) is 0 Å². The van der Waals surface area contributed by atoms with E-state index in [2.05, 4.69) is 41.9 Å². The van der Waals surface area contributed by atoms with Crippen molar-refractivity contribution in [2.75, 3.05) is 6.54 Å². The number of aromatic nitrogens is 2. The SMILES string of the molecule is CCCNC(CCc1cc(CC)nn1CC)C1CC1. The molecule has 1 atom stereocenters. The Hall–Kier alpha value is -0.830. The number of rotatable bonds is 9. The van der Waals surface area contributed by atoms with Crippen LogP contribution in [0, 0.1) is 5.92 Å². The molecule has 0 aromatic carbocycles. The van der Waals surface area contributed by atoms with E-state index in [1.54, 1.807) is 0 Å². The van der Waals surface area contributed by atoms with E-state index in [9.17, 15) is 0 Å². The molecule has 1 aliphatic rings. The summed E-state index contributed by atoms with van der Waals surface area (Å²) in [5, 5.41) is 8.37. The van der Waals surface area contributed by atoms with Crippen molar-refractivity contribution in [3.8, 4) is 0 Å². The average molecular weight is 263 g/mol. The highest BCUT2D eigenvalue weighted by molar-refractivity contribution is 5.11. The maximum atomic E-state index is 4.64. The highest BCUT2D eigenvalue weighted by Crippen LogP contribution is 2.34. The second-order valence-corrected chi connectivity index (χ2v) is 5.73. The van der Waals surface area contributed by atoms with Crippen LogP contribution in [0.5, 0.6) is 0 Å². The van der Waals surface area contributed by atoms with Gasteiger partial charge in [0.1, 0.15) is 0 Å². The first kappa shape index (κ1) is 14.6. The summed E-state index contributed by atoms with van der Waals surface area (Å²) < 4.78 is 2.18. The Kier molecular flexibility index (Phi) is 5.44. The van der Waals surface area contributed by atoms with Crippen molar-refractivity contribution in [2.45, 2.75) is 71.9 Å². The fourth-order valence-corrected chi connectivity index (χ4v) is 2.80. The molecule has 1 saturated carbocycles. The standard InChI is InChI=1S/C16H29N3/c1-4-11-17-16(13-7-8-13)10-9-15-12-14(5-2)18-19(15)6-3/h12-13,16-17H,4-11H2,1-3H3. The van der Waals surface area contributed by atoms with Gasteiger partial charge in [-0.15, -0.1) is 0 Å². The first-order valence-electron chi connectivity index (χ1n) is 8.07. The first-order valence-corrected chi connectivity index (χ1v) is 8.07. The van der Waals surface area contributed by atoms with Crippen molar-refractivity contribution < 1.29 is 0 Å². The Labute approximate surface area is 117 Å². The normalized spacial score (nSPS) is 16.8. The lowest BCUT2D eigenvalue weighted by Gasteiger charge is -2.18. The zero-order valence-corrected chi connectivity index (χ0v) is 12.8. The van der Waals surface area contributed by atoms with Crippen molar-refractivity contribution >= 4 is 0 Å². The lowest BCUT2D eigenvalue weighted by molar-refractivity contribution is 0.429. The second-order valence-electron chi connectivity index (χ2n) is 5.73. The molecule has 3 nitrogen and oxygen atoms in total. The van der Waals surface area contributed by atoms with Crippen LogP contribution in [-0.4, -0.2) is 22.4 Å². The van der Waals surface area contributed by atoms with Gasteiger partial charge in [-0.2, -0.15) is 5.10 Å². The van der Waals surface area contributed by atoms with Gasteiger partial charge >= 0.3 is 0 Å². The van der Waals surface area contributed by atoms with Gasteiger partial charge in [0.15, 0.2) is 0 Å². The van der Waals surface area contributed by atoms with E-state index in [1.807, 2.05) is 0 Å². The van der Waals surface area contributed by atoms with Gasteiger partial charge in [-0.25, -0.2) is 0 Å². The molecule has 1 aliphatic carbocycles. The fourth-order valence-electron chi connectivity index (χ4n) is 2.80. The Morgan fingerprint density at radius 3 is 2.74 bits per heavy atom. The van der Waals surface area contributed by atoms with Crippen LogP contribution in [0.4, 0.5) is 0 Å². The van der Waals surface area contributed by atoms with Gasteiger partial charge < -0.3 is 5.32 Å². The molecule has 0 saturated heterocycles. The summed E-state index contributed by atoms with van der Waals surface area (Å²) >= 11 is 0. The van der Waals surface area contributed by atoms with Gasteiger partial charge in [-0.1, -0.05) is 13.8 Å². The highest BCUT2D eigenvalue weighted by atomic mass is 15.3. The lowest BCUT2D eigenvalue weighted by atomic mass is 10.0. The van der Waals surface area contributed by atoms with Crippen molar-refractivity contribution in [1.82, 2.24) is 15.1 Å². The molecule has 2 rings (SSSR count). The molecule has 0 aliphatic heterocycles. The van der Waals surface area contributed by atoms with E-state index in [0.717, 1.165) is 31.5 Å². The third-order valence-electron chi connectivity index (χ3n) is 4.13. The smallest absolute Gasteiger partial charge is 0.0624 e. The number of hydrogen-bond acceptors (Lipinski definition) is 2. The highest BCUT2D eigenvalue weighted by Gasteiger charge is 2.30. The third-order valence-corrected chi connectivity index (χ3v) is 4.13. The summed E-state index contributed by atoms with van der Waals surface area (Å²) in [5.74, 6) is 0.940. The summed E-state index contributed by atoms with van der Waals surface area (Å²) in [6.45, 7) is 8.77. The molecule has 1 fully saturated rings. The number of nitrogens with zero attached hydrogens (tertiary/aromatic N) is 2. The van der Waals surface area contributed by atoms with Gasteiger partial charge in [0.05, 0.1) is 5.69 Å². The minimum atomic E-state index is 0.727. The molecule has 1 aromatic heterocycles. The maximum Gasteiger partial charge on any atom is 0.0624 e. The van der Waals surface area contributed by atoms with E-state index in [1.165, 1.54) is 43.5 Å². The van der Waals surface area contributed by atoms with Crippen LogP contribution in [0.2, 0.25) is 0 Å². The predicted octanol–water partition coefficient (Wildman–Crippen LogP) is 3.18. The van der Waals surface area contributed by atoms with Crippen LogP contribution in [0.25, 0.3) is 0 Å². The van der Waals surface area contributed by atoms with E-state index in [-0.39, 0.29) is 0 Å². The molecular formula is C16H29N3. The summed E-state index contributed by atoms with van der Waals surface area (Å²) in [5.41, 5.74) is 2.66. The third kappa shape index (κ3) is 4.07. The average Bonchev–Trinajstić information content (AvgIpc) is 3.19. The molecule has 0 bridgehead atoms. The zero-order chi connectivity index (χ0) is 13.7. The summed E-state index contributed by atoms with van der Waals surface area (Å²) in [4.78, 5) is 0. The van der Waals surface area contributed by atoms with Crippen molar-refractivity contribution in [3.63, 3.8) is 0 Å². The van der Waals surface area contributed by atoms with Gasteiger partial charge in [0.2, 0.25) is 0 Å². The van der Waals surface area contributed by atoms with Gasteiger partial charge in [0.25, 0.3) is 0 Å². The van der Waals surface area contributed by atoms with Gasteiger partial charge in [-0.05, 0) is 64.0 Å². The van der Waals surface area contributed by atoms with Crippen LogP contribution in [0.3, 0.4) is 0 Å². The van der Waals surface area contributed by atoms with Gasteiger partial charge in [-0.3, -0.25) is 4.68 Å². The van der Waals surface area contributed by atoms with E-state index in [0.29, 0.717) is 0 Å².